The largest absolute Gasteiger partial charge is 0.495 e. The quantitative estimate of drug-likeness (QED) is 0.656. The van der Waals surface area contributed by atoms with Crippen LogP contribution in [-0.2, 0) is 14.8 Å². The Balaban J connectivity index is 2.23. The topological polar surface area (TPSA) is 96.5 Å². The van der Waals surface area contributed by atoms with E-state index in [-0.39, 0.29) is 22.1 Å². The van der Waals surface area contributed by atoms with Crippen molar-refractivity contribution in [1.82, 2.24) is 14.1 Å². The molecule has 9 nitrogen and oxygen atoms in total. The van der Waals surface area contributed by atoms with Crippen LogP contribution < -0.4 is 4.74 Å². The van der Waals surface area contributed by atoms with Crippen LogP contribution in [0.2, 0.25) is 0 Å². The van der Waals surface area contributed by atoms with Crippen molar-refractivity contribution < 1.29 is 27.5 Å². The molecule has 2 rings (SSSR count). The third-order valence-electron chi connectivity index (χ3n) is 4.83. The van der Waals surface area contributed by atoms with Gasteiger partial charge in [-0.25, -0.2) is 13.2 Å². The van der Waals surface area contributed by atoms with Crippen molar-refractivity contribution in [1.29, 1.82) is 0 Å². The number of benzene rings is 1. The molecular weight excluding hydrogens is 398 g/mol. The lowest BCUT2D eigenvalue weighted by atomic mass is 10.1. The van der Waals surface area contributed by atoms with Gasteiger partial charge in [0.1, 0.15) is 10.6 Å². The first-order valence-electron chi connectivity index (χ1n) is 9.69. The van der Waals surface area contributed by atoms with Crippen LogP contribution in [-0.4, -0.2) is 87.5 Å². The molecule has 0 bridgehead atoms. The van der Waals surface area contributed by atoms with Crippen molar-refractivity contribution in [2.24, 2.45) is 0 Å². The van der Waals surface area contributed by atoms with E-state index in [9.17, 15) is 18.0 Å². The van der Waals surface area contributed by atoms with Crippen molar-refractivity contribution in [3.63, 3.8) is 0 Å². The molecule has 0 spiro atoms. The molecule has 0 radical (unpaired) electrons. The van der Waals surface area contributed by atoms with Crippen LogP contribution in [0.5, 0.6) is 5.75 Å². The Bertz CT molecular complexity index is 830. The zero-order valence-corrected chi connectivity index (χ0v) is 18.2. The van der Waals surface area contributed by atoms with Crippen LogP contribution in [0.15, 0.2) is 23.1 Å². The predicted molar refractivity (Wildman–Crippen MR) is 108 cm³/mol. The molecule has 1 saturated heterocycles. The molecule has 1 aromatic carbocycles. The number of ether oxygens (including phenoxy) is 2. The summed E-state index contributed by atoms with van der Waals surface area (Å²) in [7, 11) is -2.39. The highest BCUT2D eigenvalue weighted by molar-refractivity contribution is 7.89. The van der Waals surface area contributed by atoms with E-state index in [0.717, 1.165) is 0 Å². The van der Waals surface area contributed by atoms with Gasteiger partial charge in [0.15, 0.2) is 0 Å². The Labute approximate surface area is 172 Å². The molecule has 1 fully saturated rings. The Morgan fingerprint density at radius 1 is 1.03 bits per heavy atom. The highest BCUT2D eigenvalue weighted by Gasteiger charge is 2.29. The van der Waals surface area contributed by atoms with Gasteiger partial charge in [-0.2, -0.15) is 4.31 Å². The van der Waals surface area contributed by atoms with Gasteiger partial charge in [-0.1, -0.05) is 13.8 Å². The minimum absolute atomic E-state index is 0.0280. The first-order valence-corrected chi connectivity index (χ1v) is 11.1. The summed E-state index contributed by atoms with van der Waals surface area (Å²) in [5.74, 6) is -0.0901. The number of hydrogen-bond donors (Lipinski definition) is 0. The molecule has 0 aromatic heterocycles. The maximum absolute atomic E-state index is 13.0. The molecule has 0 saturated carbocycles. The van der Waals surface area contributed by atoms with Gasteiger partial charge in [0.05, 0.1) is 13.7 Å². The van der Waals surface area contributed by atoms with Crippen molar-refractivity contribution >= 4 is 22.0 Å². The van der Waals surface area contributed by atoms with Gasteiger partial charge in [-0.05, 0) is 25.1 Å². The van der Waals surface area contributed by atoms with Crippen LogP contribution in [0.3, 0.4) is 0 Å². The molecule has 2 amide bonds. The summed E-state index contributed by atoms with van der Waals surface area (Å²) < 4.78 is 37.5. The Morgan fingerprint density at radius 3 is 2.14 bits per heavy atom. The van der Waals surface area contributed by atoms with E-state index in [0.29, 0.717) is 45.9 Å². The maximum atomic E-state index is 13.0. The summed E-state index contributed by atoms with van der Waals surface area (Å²) in [6.45, 7) is 7.61. The van der Waals surface area contributed by atoms with Gasteiger partial charge >= 0.3 is 6.09 Å². The molecule has 10 heteroatoms. The number of carbonyl (C=O) groups is 2. The monoisotopic (exact) mass is 427 g/mol. The number of nitrogens with zero attached hydrogens (tertiary/aromatic N) is 3. The molecule has 0 N–H and O–H groups in total. The van der Waals surface area contributed by atoms with E-state index in [1.807, 2.05) is 0 Å². The number of amides is 2. The summed E-state index contributed by atoms with van der Waals surface area (Å²) in [5, 5.41) is 0. The number of sulfonamides is 1. The minimum atomic E-state index is -3.79. The standard InChI is InChI=1S/C19H29N3O6S/c1-5-22(6-2)29(25,26)17-14-15(8-9-16(17)27-4)18(23)20-10-12-21(13-11-20)19(24)28-7-3/h8-9,14H,5-7,10-13H2,1-4H3. The van der Waals surface area contributed by atoms with Crippen LogP contribution in [0.25, 0.3) is 0 Å². The predicted octanol–water partition coefficient (Wildman–Crippen LogP) is 1.64. The SMILES string of the molecule is CCOC(=O)N1CCN(C(=O)c2ccc(OC)c(S(=O)(=O)N(CC)CC)c2)CC1. The van der Waals surface area contributed by atoms with Gasteiger partial charge in [0, 0.05) is 44.8 Å². The van der Waals surface area contributed by atoms with E-state index in [4.69, 9.17) is 9.47 Å². The Morgan fingerprint density at radius 2 is 1.62 bits per heavy atom. The van der Waals surface area contributed by atoms with Crippen LogP contribution in [0, 0.1) is 0 Å². The van der Waals surface area contributed by atoms with Crippen LogP contribution >= 0.6 is 0 Å². The molecule has 0 aliphatic carbocycles. The highest BCUT2D eigenvalue weighted by atomic mass is 32.2. The smallest absolute Gasteiger partial charge is 0.409 e. The summed E-state index contributed by atoms with van der Waals surface area (Å²) >= 11 is 0. The van der Waals surface area contributed by atoms with E-state index in [2.05, 4.69) is 0 Å². The van der Waals surface area contributed by atoms with Gasteiger partial charge in [0.2, 0.25) is 10.0 Å². The summed E-state index contributed by atoms with van der Waals surface area (Å²) in [5.41, 5.74) is 0.265. The van der Waals surface area contributed by atoms with Crippen molar-refractivity contribution in [2.45, 2.75) is 25.7 Å². The number of hydrogen-bond acceptors (Lipinski definition) is 6. The summed E-state index contributed by atoms with van der Waals surface area (Å²) in [6.07, 6.45) is -0.392. The first kappa shape index (κ1) is 23.0. The van der Waals surface area contributed by atoms with Gasteiger partial charge < -0.3 is 19.3 Å². The first-order chi connectivity index (χ1) is 13.8. The number of carbonyl (C=O) groups excluding carboxylic acids is 2. The Kier molecular flexibility index (Phi) is 7.86. The number of piperazine rings is 1. The lowest BCUT2D eigenvalue weighted by Crippen LogP contribution is -2.50. The summed E-state index contributed by atoms with van der Waals surface area (Å²) in [4.78, 5) is 27.9. The average molecular weight is 428 g/mol. The lowest BCUT2D eigenvalue weighted by molar-refractivity contribution is 0.0570. The molecule has 162 valence electrons. The highest BCUT2D eigenvalue weighted by Crippen LogP contribution is 2.28. The molecule has 1 aliphatic rings. The molecule has 29 heavy (non-hydrogen) atoms. The fraction of sp³-hybridized carbons (Fsp3) is 0.579. The molecular formula is C19H29N3O6S. The number of rotatable bonds is 7. The molecule has 0 unspecified atom stereocenters. The van der Waals surface area contributed by atoms with E-state index >= 15 is 0 Å². The maximum Gasteiger partial charge on any atom is 0.409 e. The number of methoxy groups -OCH3 is 1. The van der Waals surface area contributed by atoms with Gasteiger partial charge in [0.25, 0.3) is 5.91 Å². The van der Waals surface area contributed by atoms with Crippen molar-refractivity contribution in [2.75, 3.05) is 53.0 Å². The second-order valence-corrected chi connectivity index (χ2v) is 8.34. The zero-order valence-electron chi connectivity index (χ0n) is 17.4. The Hall–Kier alpha value is -2.33. The van der Waals surface area contributed by atoms with E-state index in [1.165, 1.54) is 23.5 Å². The second-order valence-electron chi connectivity index (χ2n) is 6.43. The molecule has 1 aromatic rings. The van der Waals surface area contributed by atoms with Crippen molar-refractivity contribution in [3.8, 4) is 5.75 Å². The average Bonchev–Trinajstić information content (AvgIpc) is 2.73. The molecule has 1 heterocycles. The van der Waals surface area contributed by atoms with E-state index in [1.54, 1.807) is 36.6 Å². The summed E-state index contributed by atoms with van der Waals surface area (Å²) in [6, 6.07) is 4.42. The fourth-order valence-corrected chi connectivity index (χ4v) is 4.84. The zero-order chi connectivity index (χ0) is 21.6. The van der Waals surface area contributed by atoms with Gasteiger partial charge in [-0.3, -0.25) is 4.79 Å². The van der Waals surface area contributed by atoms with Crippen LogP contribution in [0.4, 0.5) is 4.79 Å². The molecule has 1 aliphatic heterocycles. The third kappa shape index (κ3) is 4.99. The fourth-order valence-electron chi connectivity index (χ4n) is 3.20. The molecule has 0 atom stereocenters. The normalized spacial score (nSPS) is 14.8. The second kappa shape index (κ2) is 9.93. The van der Waals surface area contributed by atoms with E-state index < -0.39 is 16.1 Å². The van der Waals surface area contributed by atoms with Crippen LogP contribution in [0.1, 0.15) is 31.1 Å². The lowest BCUT2D eigenvalue weighted by Gasteiger charge is -2.34. The van der Waals surface area contributed by atoms with Crippen molar-refractivity contribution in [3.05, 3.63) is 23.8 Å². The van der Waals surface area contributed by atoms with Gasteiger partial charge in [-0.15, -0.1) is 0 Å². The minimum Gasteiger partial charge on any atom is -0.495 e. The third-order valence-corrected chi connectivity index (χ3v) is 6.90.